The number of benzene rings is 7. The van der Waals surface area contributed by atoms with Crippen LogP contribution in [0.3, 0.4) is 0 Å². The number of rotatable bonds is 5. The Bertz CT molecular complexity index is 2810. The Labute approximate surface area is 290 Å². The summed E-state index contributed by atoms with van der Waals surface area (Å²) >= 11 is 0. The summed E-state index contributed by atoms with van der Waals surface area (Å²) in [5.41, 5.74) is 11.3. The molecule has 0 atom stereocenters. The van der Waals surface area contributed by atoms with E-state index in [-0.39, 0.29) is 11.8 Å². The number of furan rings is 1. The van der Waals surface area contributed by atoms with E-state index in [0.717, 1.165) is 65.9 Å². The number of aromatic nitrogens is 2. The van der Waals surface area contributed by atoms with Gasteiger partial charge in [0.1, 0.15) is 16.8 Å². The highest BCUT2D eigenvalue weighted by Crippen LogP contribution is 2.40. The van der Waals surface area contributed by atoms with Crippen LogP contribution in [-0.4, -0.2) is 4.98 Å². The number of para-hydroxylation sites is 3. The first-order valence-corrected chi connectivity index (χ1v) is 17.2. The maximum Gasteiger partial charge on any atom is 0.296 e. The first-order chi connectivity index (χ1) is 25.1. The summed E-state index contributed by atoms with van der Waals surface area (Å²) in [7, 11) is 0. The molecule has 49 heavy (non-hydrogen) atoms. The molecular formula is C46H39N2O+. The van der Waals surface area contributed by atoms with Gasteiger partial charge >= 0.3 is 0 Å². The van der Waals surface area contributed by atoms with E-state index in [1.54, 1.807) is 12.1 Å². The molecule has 3 heteroatoms. The molecule has 0 bridgehead atoms. The third-order valence-electron chi connectivity index (χ3n) is 10.1. The molecule has 0 saturated heterocycles. The van der Waals surface area contributed by atoms with Crippen LogP contribution in [0, 0.1) is 6.85 Å². The van der Waals surface area contributed by atoms with Gasteiger partial charge in [-0.25, -0.2) is 4.98 Å². The Morgan fingerprint density at radius 3 is 2.10 bits per heavy atom. The maximum atomic E-state index is 7.90. The van der Waals surface area contributed by atoms with Crippen LogP contribution < -0.4 is 4.57 Å². The molecule has 1 N–H and O–H groups in total. The van der Waals surface area contributed by atoms with E-state index in [0.29, 0.717) is 5.56 Å². The number of nitrogens with one attached hydrogen (secondary N) is 1. The molecule has 9 rings (SSSR count). The number of hydrogen-bond acceptors (Lipinski definition) is 1. The molecule has 3 nitrogen and oxygen atoms in total. The number of aromatic amines is 1. The lowest BCUT2D eigenvalue weighted by atomic mass is 9.88. The predicted octanol–water partition coefficient (Wildman–Crippen LogP) is 12.5. The van der Waals surface area contributed by atoms with Gasteiger partial charge in [0.15, 0.2) is 16.6 Å². The fourth-order valence-electron chi connectivity index (χ4n) is 7.66. The summed E-state index contributed by atoms with van der Waals surface area (Å²) in [6.07, 6.45) is 0. The van der Waals surface area contributed by atoms with Crippen molar-refractivity contribution in [2.75, 3.05) is 0 Å². The molecule has 238 valence electrons. The van der Waals surface area contributed by atoms with Gasteiger partial charge in [0.05, 0.1) is 0 Å². The van der Waals surface area contributed by atoms with Gasteiger partial charge in [-0.3, -0.25) is 0 Å². The standard InChI is InChI=1S/C46H38N2O/c1-27(2)37-24-33(30-12-7-6-8-13-30)25-38(28(3)4)44(37)48-42-17-10-9-16-41(42)47-46(48)36-15-11-14-35-40-23-32-20-19-31-22-29(5)18-21-34(31)39(32)26-43(40)49-45(35)36/h6-28H,1-5H3/p+1/i5D3. The van der Waals surface area contributed by atoms with Gasteiger partial charge in [-0.15, -0.1) is 0 Å². The average Bonchev–Trinajstić information content (AvgIpc) is 3.71. The number of imidazole rings is 1. The summed E-state index contributed by atoms with van der Waals surface area (Å²) in [6.45, 7) is 6.98. The second kappa shape index (κ2) is 11.2. The monoisotopic (exact) mass is 638 g/mol. The zero-order valence-electron chi connectivity index (χ0n) is 31.1. The average molecular weight is 639 g/mol. The lowest BCUT2D eigenvalue weighted by Gasteiger charge is -2.20. The van der Waals surface area contributed by atoms with Crippen LogP contribution in [0.2, 0.25) is 0 Å². The van der Waals surface area contributed by atoms with Crippen molar-refractivity contribution in [1.29, 1.82) is 0 Å². The van der Waals surface area contributed by atoms with E-state index in [1.807, 2.05) is 12.1 Å². The molecule has 0 radical (unpaired) electrons. The number of nitrogens with zero attached hydrogens (tertiary/aromatic N) is 1. The Hall–Kier alpha value is -5.67. The van der Waals surface area contributed by atoms with Crippen molar-refractivity contribution in [3.05, 3.63) is 144 Å². The second-order valence-electron chi connectivity index (χ2n) is 13.9. The van der Waals surface area contributed by atoms with Crippen molar-refractivity contribution in [2.24, 2.45) is 0 Å². The molecule has 0 aliphatic heterocycles. The summed E-state index contributed by atoms with van der Waals surface area (Å²) in [5.74, 6) is 1.50. The summed E-state index contributed by atoms with van der Waals surface area (Å²) in [5, 5.41) is 6.11. The maximum absolute atomic E-state index is 7.90. The first kappa shape index (κ1) is 26.3. The van der Waals surface area contributed by atoms with Crippen LogP contribution in [0.5, 0.6) is 0 Å². The van der Waals surface area contributed by atoms with Crippen molar-refractivity contribution >= 4 is 54.5 Å². The van der Waals surface area contributed by atoms with E-state index in [2.05, 4.69) is 140 Å². The van der Waals surface area contributed by atoms with Crippen molar-refractivity contribution in [2.45, 2.75) is 46.4 Å². The Balaban J connectivity index is 1.31. The molecular weight excluding hydrogens is 597 g/mol. The molecule has 0 amide bonds. The normalized spacial score (nSPS) is 13.3. The van der Waals surface area contributed by atoms with Crippen LogP contribution >= 0.6 is 0 Å². The summed E-state index contributed by atoms with van der Waals surface area (Å²) in [4.78, 5) is 3.83. The summed E-state index contributed by atoms with van der Waals surface area (Å²) < 4.78 is 33.0. The molecule has 0 fully saturated rings. The van der Waals surface area contributed by atoms with Crippen LogP contribution in [-0.2, 0) is 0 Å². The summed E-state index contributed by atoms with van der Waals surface area (Å²) in [6, 6.07) is 44.2. The Morgan fingerprint density at radius 1 is 0.612 bits per heavy atom. The molecule has 9 aromatic rings. The van der Waals surface area contributed by atoms with Gasteiger partial charge < -0.3 is 4.42 Å². The van der Waals surface area contributed by atoms with Crippen molar-refractivity contribution in [1.82, 2.24) is 4.98 Å². The smallest absolute Gasteiger partial charge is 0.296 e. The SMILES string of the molecule is [2H]C([2H])([2H])c1ccc2c(ccc3cc4c(cc32)oc2c(-c3[nH]c5ccccc5[n+]3-c3c(C(C)C)cc(-c5ccccc5)cc3C(C)C)cccc24)c1. The van der Waals surface area contributed by atoms with Crippen LogP contribution in [0.15, 0.2) is 132 Å². The molecule has 0 aliphatic carbocycles. The lowest BCUT2D eigenvalue weighted by Crippen LogP contribution is -2.35. The van der Waals surface area contributed by atoms with E-state index in [1.165, 1.54) is 27.9 Å². The molecule has 0 spiro atoms. The molecule has 2 aromatic heterocycles. The Morgan fingerprint density at radius 2 is 1.35 bits per heavy atom. The van der Waals surface area contributed by atoms with Gasteiger partial charge in [-0.1, -0.05) is 118 Å². The highest BCUT2D eigenvalue weighted by atomic mass is 16.3. The van der Waals surface area contributed by atoms with Crippen LogP contribution in [0.1, 0.15) is 60.3 Å². The van der Waals surface area contributed by atoms with Crippen molar-refractivity contribution < 1.29 is 13.1 Å². The minimum Gasteiger partial charge on any atom is -0.455 e. The van der Waals surface area contributed by atoms with E-state index >= 15 is 0 Å². The van der Waals surface area contributed by atoms with Crippen molar-refractivity contribution in [3.8, 4) is 28.2 Å². The quantitative estimate of drug-likeness (QED) is 0.148. The minimum absolute atomic E-state index is 0.269. The predicted molar refractivity (Wildman–Crippen MR) is 206 cm³/mol. The number of hydrogen-bond donors (Lipinski definition) is 1. The zero-order chi connectivity index (χ0) is 35.9. The van der Waals surface area contributed by atoms with Crippen molar-refractivity contribution in [3.63, 3.8) is 0 Å². The largest absolute Gasteiger partial charge is 0.455 e. The first-order valence-electron chi connectivity index (χ1n) is 18.7. The molecule has 2 heterocycles. The van der Waals surface area contributed by atoms with E-state index in [4.69, 9.17) is 8.53 Å². The van der Waals surface area contributed by atoms with E-state index in [9.17, 15) is 0 Å². The van der Waals surface area contributed by atoms with Gasteiger partial charge in [0.2, 0.25) is 0 Å². The number of H-pyrrole nitrogens is 1. The molecule has 0 aliphatic rings. The van der Waals surface area contributed by atoms with Gasteiger partial charge in [0, 0.05) is 26.0 Å². The van der Waals surface area contributed by atoms with Gasteiger partial charge in [-0.05, 0) is 93.8 Å². The zero-order valence-corrected chi connectivity index (χ0v) is 28.1. The minimum atomic E-state index is -2.16. The fraction of sp³-hybridized carbons (Fsp3) is 0.152. The highest BCUT2D eigenvalue weighted by Gasteiger charge is 2.31. The van der Waals surface area contributed by atoms with E-state index < -0.39 is 6.85 Å². The molecule has 7 aromatic carbocycles. The lowest BCUT2D eigenvalue weighted by molar-refractivity contribution is -0.556. The third-order valence-corrected chi connectivity index (χ3v) is 10.1. The van der Waals surface area contributed by atoms with Crippen LogP contribution in [0.4, 0.5) is 0 Å². The van der Waals surface area contributed by atoms with Crippen LogP contribution in [0.25, 0.3) is 82.7 Å². The van der Waals surface area contributed by atoms with Gasteiger partial charge in [-0.2, -0.15) is 4.57 Å². The topological polar surface area (TPSA) is 32.8 Å². The Kier molecular flexibility index (Phi) is 6.01. The highest BCUT2D eigenvalue weighted by molar-refractivity contribution is 6.17. The number of aryl methyl sites for hydroxylation is 1. The molecule has 0 unspecified atom stereocenters. The van der Waals surface area contributed by atoms with Gasteiger partial charge in [0.25, 0.3) is 5.82 Å². The fourth-order valence-corrected chi connectivity index (χ4v) is 7.66. The molecule has 0 saturated carbocycles. The third kappa shape index (κ3) is 4.68. The second-order valence-corrected chi connectivity index (χ2v) is 13.9. The number of fused-ring (bicyclic) bond motifs is 7.